The van der Waals surface area contributed by atoms with E-state index in [0.717, 1.165) is 46.2 Å². The molecule has 5 rings (SSSR count). The molecular weight excluding hydrogens is 450 g/mol. The lowest BCUT2D eigenvalue weighted by Gasteiger charge is -2.33. The number of pyridine rings is 1. The van der Waals surface area contributed by atoms with Gasteiger partial charge in [0.1, 0.15) is 11.5 Å². The first-order valence-electron chi connectivity index (χ1n) is 11.6. The summed E-state index contributed by atoms with van der Waals surface area (Å²) in [7, 11) is 0. The lowest BCUT2D eigenvalue weighted by atomic mass is 10.1. The minimum atomic E-state index is -0.143. The molecular formula is C25H29N5O3S. The summed E-state index contributed by atoms with van der Waals surface area (Å²) >= 11 is 1.60. The number of hydrogen-bond acceptors (Lipinski definition) is 7. The molecule has 9 heteroatoms. The summed E-state index contributed by atoms with van der Waals surface area (Å²) in [6, 6.07) is 9.91. The molecule has 1 aliphatic heterocycles. The van der Waals surface area contributed by atoms with Crippen LogP contribution in [0.3, 0.4) is 0 Å². The molecule has 1 aliphatic rings. The van der Waals surface area contributed by atoms with Crippen LogP contribution < -0.4 is 5.32 Å². The highest BCUT2D eigenvalue weighted by atomic mass is 32.1. The van der Waals surface area contributed by atoms with E-state index in [1.807, 2.05) is 47.3 Å². The van der Waals surface area contributed by atoms with E-state index in [1.165, 1.54) is 0 Å². The molecule has 0 spiro atoms. The van der Waals surface area contributed by atoms with E-state index < -0.39 is 0 Å². The van der Waals surface area contributed by atoms with Crippen molar-refractivity contribution in [3.05, 3.63) is 59.0 Å². The van der Waals surface area contributed by atoms with Crippen molar-refractivity contribution in [2.45, 2.75) is 32.9 Å². The fraction of sp³-hybridized carbons (Fsp3) is 0.400. The van der Waals surface area contributed by atoms with E-state index in [9.17, 15) is 4.79 Å². The summed E-state index contributed by atoms with van der Waals surface area (Å²) in [6.07, 6.45) is 1.74. The van der Waals surface area contributed by atoms with Crippen LogP contribution in [0.1, 0.15) is 47.8 Å². The Hall–Kier alpha value is -3.01. The van der Waals surface area contributed by atoms with Gasteiger partial charge in [0.25, 0.3) is 5.91 Å². The number of thiophene rings is 1. The predicted molar refractivity (Wildman–Crippen MR) is 132 cm³/mol. The second kappa shape index (κ2) is 9.69. The van der Waals surface area contributed by atoms with Gasteiger partial charge in [-0.2, -0.15) is 5.10 Å². The summed E-state index contributed by atoms with van der Waals surface area (Å²) < 4.78 is 13.3. The van der Waals surface area contributed by atoms with Crippen LogP contribution in [0.4, 0.5) is 0 Å². The molecule has 1 N–H and O–H groups in total. The highest BCUT2D eigenvalue weighted by Crippen LogP contribution is 2.29. The van der Waals surface area contributed by atoms with Crippen molar-refractivity contribution in [2.24, 2.45) is 0 Å². The van der Waals surface area contributed by atoms with Crippen LogP contribution in [0.2, 0.25) is 0 Å². The van der Waals surface area contributed by atoms with Gasteiger partial charge < -0.3 is 14.5 Å². The molecule has 0 aliphatic carbocycles. The quantitative estimate of drug-likeness (QED) is 0.422. The molecule has 1 unspecified atom stereocenters. The predicted octanol–water partition coefficient (Wildman–Crippen LogP) is 4.45. The normalized spacial score (nSPS) is 15.8. The second-order valence-electron chi connectivity index (χ2n) is 8.78. The van der Waals surface area contributed by atoms with E-state index in [2.05, 4.69) is 29.2 Å². The molecule has 1 amide bonds. The molecule has 0 radical (unpaired) electrons. The van der Waals surface area contributed by atoms with E-state index >= 15 is 0 Å². The monoisotopic (exact) mass is 479 g/mol. The van der Waals surface area contributed by atoms with Crippen LogP contribution in [0.5, 0.6) is 0 Å². The standard InChI is InChI=1S/C25H29N5O3S/c1-16(2)30-24-19(14-27-30)18(13-20(28-24)23-5-4-12-34-23)25(31)26-15-21(22-7-6-17(3)33-22)29-8-10-32-11-9-29/h4-7,12-14,16,21H,8-11,15H2,1-3H3,(H,26,31). The number of rotatable bonds is 7. The van der Waals surface area contributed by atoms with Crippen molar-refractivity contribution in [3.63, 3.8) is 0 Å². The molecule has 8 nitrogen and oxygen atoms in total. The Bertz CT molecular complexity index is 1270. The lowest BCUT2D eigenvalue weighted by Crippen LogP contribution is -2.43. The van der Waals surface area contributed by atoms with Gasteiger partial charge in [0.2, 0.25) is 0 Å². The number of carbonyl (C=O) groups excluding carboxylic acids is 1. The molecule has 178 valence electrons. The highest BCUT2D eigenvalue weighted by molar-refractivity contribution is 7.13. The third-order valence-electron chi connectivity index (χ3n) is 6.11. The van der Waals surface area contributed by atoms with Crippen LogP contribution in [-0.4, -0.2) is 58.4 Å². The number of aryl methyl sites for hydroxylation is 1. The largest absolute Gasteiger partial charge is 0.465 e. The van der Waals surface area contributed by atoms with Crippen molar-refractivity contribution < 1.29 is 13.9 Å². The second-order valence-corrected chi connectivity index (χ2v) is 9.72. The summed E-state index contributed by atoms with van der Waals surface area (Å²) in [6.45, 7) is 9.43. The SMILES string of the molecule is Cc1ccc(C(CNC(=O)c2cc(-c3cccs3)nc3c2cnn3C(C)C)N2CCOCC2)o1. The van der Waals surface area contributed by atoms with Gasteiger partial charge in [-0.1, -0.05) is 6.07 Å². The zero-order valence-corrected chi connectivity index (χ0v) is 20.5. The van der Waals surface area contributed by atoms with Crippen molar-refractivity contribution in [3.8, 4) is 10.6 Å². The molecule has 0 bridgehead atoms. The Morgan fingerprint density at radius 2 is 2.06 bits per heavy atom. The number of nitrogens with zero attached hydrogens (tertiary/aromatic N) is 4. The van der Waals surface area contributed by atoms with E-state index in [1.54, 1.807) is 17.5 Å². The zero-order valence-electron chi connectivity index (χ0n) is 19.7. The van der Waals surface area contributed by atoms with Crippen LogP contribution in [0.25, 0.3) is 21.6 Å². The molecule has 4 aromatic rings. The van der Waals surface area contributed by atoms with E-state index in [4.69, 9.17) is 14.1 Å². The maximum atomic E-state index is 13.5. The third kappa shape index (κ3) is 4.51. The Labute approximate surface area is 202 Å². The van der Waals surface area contributed by atoms with Crippen LogP contribution >= 0.6 is 11.3 Å². The van der Waals surface area contributed by atoms with Gasteiger partial charge >= 0.3 is 0 Å². The van der Waals surface area contributed by atoms with Gasteiger partial charge in [-0.25, -0.2) is 9.67 Å². The Morgan fingerprint density at radius 3 is 2.74 bits per heavy atom. The fourth-order valence-corrected chi connectivity index (χ4v) is 5.04. The lowest BCUT2D eigenvalue weighted by molar-refractivity contribution is 0.0117. The number of nitrogens with one attached hydrogen (secondary N) is 1. The molecule has 1 saturated heterocycles. The number of hydrogen-bond donors (Lipinski definition) is 1. The summed E-state index contributed by atoms with van der Waals surface area (Å²) in [4.78, 5) is 21.7. The van der Waals surface area contributed by atoms with Gasteiger partial charge in [0.15, 0.2) is 5.65 Å². The average molecular weight is 480 g/mol. The van der Waals surface area contributed by atoms with E-state index in [-0.39, 0.29) is 18.0 Å². The van der Waals surface area contributed by atoms with Crippen molar-refractivity contribution >= 4 is 28.3 Å². The van der Waals surface area contributed by atoms with Gasteiger partial charge in [0, 0.05) is 25.7 Å². The van der Waals surface area contributed by atoms with Gasteiger partial charge in [-0.15, -0.1) is 11.3 Å². The number of fused-ring (bicyclic) bond motifs is 1. The molecule has 5 heterocycles. The van der Waals surface area contributed by atoms with Crippen LogP contribution in [-0.2, 0) is 4.74 Å². The maximum absolute atomic E-state index is 13.5. The van der Waals surface area contributed by atoms with Crippen molar-refractivity contribution in [1.29, 1.82) is 0 Å². The first-order valence-corrected chi connectivity index (χ1v) is 12.5. The van der Waals surface area contributed by atoms with Crippen molar-refractivity contribution in [1.82, 2.24) is 25.0 Å². The highest BCUT2D eigenvalue weighted by Gasteiger charge is 2.27. The van der Waals surface area contributed by atoms with Gasteiger partial charge in [-0.05, 0) is 50.4 Å². The van der Waals surface area contributed by atoms with E-state index in [0.29, 0.717) is 25.3 Å². The topological polar surface area (TPSA) is 85.4 Å². The third-order valence-corrected chi connectivity index (χ3v) is 7.00. The first kappa shape index (κ1) is 22.8. The Balaban J connectivity index is 1.46. The average Bonchev–Trinajstić information content (AvgIpc) is 3.60. The molecule has 4 aromatic heterocycles. The molecule has 0 saturated carbocycles. The molecule has 0 aromatic carbocycles. The summed E-state index contributed by atoms with van der Waals surface area (Å²) in [5, 5.41) is 10.5. The number of morpholine rings is 1. The molecule has 1 atom stereocenters. The maximum Gasteiger partial charge on any atom is 0.252 e. The van der Waals surface area contributed by atoms with Crippen LogP contribution in [0.15, 0.2) is 46.3 Å². The number of amides is 1. The van der Waals surface area contributed by atoms with Gasteiger partial charge in [0.05, 0.1) is 47.0 Å². The smallest absolute Gasteiger partial charge is 0.252 e. The minimum Gasteiger partial charge on any atom is -0.465 e. The minimum absolute atomic E-state index is 0.0611. The zero-order chi connectivity index (χ0) is 23.7. The number of aromatic nitrogens is 3. The summed E-state index contributed by atoms with van der Waals surface area (Å²) in [5.74, 6) is 1.57. The number of carbonyl (C=O) groups is 1. The van der Waals surface area contributed by atoms with Crippen molar-refractivity contribution in [2.75, 3.05) is 32.8 Å². The first-order chi connectivity index (χ1) is 16.5. The summed E-state index contributed by atoms with van der Waals surface area (Å²) in [5.41, 5.74) is 2.08. The molecule has 34 heavy (non-hydrogen) atoms. The number of ether oxygens (including phenoxy) is 1. The molecule has 1 fully saturated rings. The van der Waals surface area contributed by atoms with Crippen LogP contribution in [0, 0.1) is 6.92 Å². The Kier molecular flexibility index (Phi) is 6.49. The Morgan fingerprint density at radius 1 is 1.24 bits per heavy atom. The fourth-order valence-electron chi connectivity index (χ4n) is 4.35. The number of furan rings is 1. The van der Waals surface area contributed by atoms with Gasteiger partial charge in [-0.3, -0.25) is 9.69 Å².